The van der Waals surface area contributed by atoms with Crippen LogP contribution in [0.2, 0.25) is 0 Å². The van der Waals surface area contributed by atoms with Crippen molar-refractivity contribution >= 4 is 11.9 Å². The third kappa shape index (κ3) is 6.17. The number of rotatable bonds is 7. The van der Waals surface area contributed by atoms with Crippen LogP contribution in [0.1, 0.15) is 38.4 Å². The van der Waals surface area contributed by atoms with Gasteiger partial charge >= 0.3 is 0 Å². The zero-order chi connectivity index (χ0) is 22.2. The molecule has 0 aromatic heterocycles. The number of hydrogen-bond acceptors (Lipinski definition) is 4. The summed E-state index contributed by atoms with van der Waals surface area (Å²) in [6.45, 7) is 10.4. The Balaban J connectivity index is 1.57. The van der Waals surface area contributed by atoms with Gasteiger partial charge in [-0.2, -0.15) is 0 Å². The van der Waals surface area contributed by atoms with E-state index in [-0.39, 0.29) is 23.9 Å². The van der Waals surface area contributed by atoms with Gasteiger partial charge in [-0.05, 0) is 44.4 Å². The Kier molecular flexibility index (Phi) is 8.66. The summed E-state index contributed by atoms with van der Waals surface area (Å²) < 4.78 is 18.8. The van der Waals surface area contributed by atoms with E-state index >= 15 is 0 Å². The smallest absolute Gasteiger partial charge is 0.239 e. The quantitative estimate of drug-likeness (QED) is 0.527. The van der Waals surface area contributed by atoms with Crippen LogP contribution in [0.5, 0.6) is 0 Å². The lowest BCUT2D eigenvalue weighted by atomic mass is 10.1. The Morgan fingerprint density at radius 3 is 2.32 bits per heavy atom. The van der Waals surface area contributed by atoms with Crippen LogP contribution in [0.3, 0.4) is 0 Å². The predicted molar refractivity (Wildman–Crippen MR) is 121 cm³/mol. The van der Waals surface area contributed by atoms with E-state index in [0.717, 1.165) is 70.2 Å². The molecule has 2 saturated heterocycles. The Hall–Kier alpha value is -2.19. The summed E-state index contributed by atoms with van der Waals surface area (Å²) in [4.78, 5) is 24.0. The van der Waals surface area contributed by atoms with E-state index in [4.69, 9.17) is 9.73 Å². The molecule has 2 unspecified atom stereocenters. The third-order valence-corrected chi connectivity index (χ3v) is 6.20. The van der Waals surface area contributed by atoms with Gasteiger partial charge in [0.25, 0.3) is 0 Å². The molecule has 3 rings (SSSR count). The van der Waals surface area contributed by atoms with Crippen molar-refractivity contribution in [2.45, 2.75) is 38.8 Å². The molecule has 0 radical (unpaired) electrons. The highest BCUT2D eigenvalue weighted by Gasteiger charge is 2.30. The van der Waals surface area contributed by atoms with Crippen LogP contribution in [0.15, 0.2) is 29.3 Å². The molecule has 172 valence electrons. The number of hydrogen-bond donors (Lipinski definition) is 1. The van der Waals surface area contributed by atoms with Crippen LogP contribution in [0, 0.1) is 5.82 Å². The second kappa shape index (κ2) is 11.4. The van der Waals surface area contributed by atoms with Crippen LogP contribution in [-0.2, 0) is 9.53 Å². The molecule has 2 atom stereocenters. The minimum Gasteiger partial charge on any atom is -0.375 e. The van der Waals surface area contributed by atoms with E-state index in [1.54, 1.807) is 19.2 Å². The molecule has 31 heavy (non-hydrogen) atoms. The summed E-state index contributed by atoms with van der Waals surface area (Å²) in [7, 11) is 1.65. The Labute approximate surface area is 185 Å². The normalized spacial score (nSPS) is 20.1. The van der Waals surface area contributed by atoms with Gasteiger partial charge in [0, 0.05) is 52.9 Å². The van der Waals surface area contributed by atoms with Crippen LogP contribution in [0.25, 0.3) is 0 Å². The zero-order valence-electron chi connectivity index (χ0n) is 19.0. The maximum absolute atomic E-state index is 13.2. The van der Waals surface area contributed by atoms with E-state index in [1.807, 2.05) is 11.8 Å². The highest BCUT2D eigenvalue weighted by molar-refractivity contribution is 5.82. The van der Waals surface area contributed by atoms with Crippen molar-refractivity contribution in [1.29, 1.82) is 0 Å². The van der Waals surface area contributed by atoms with Gasteiger partial charge in [0.1, 0.15) is 11.9 Å². The second-order valence-electron chi connectivity index (χ2n) is 8.20. The molecule has 0 spiro atoms. The fraction of sp³-hybridized carbons (Fsp3) is 0.652. The maximum atomic E-state index is 13.2. The first-order chi connectivity index (χ1) is 15.0. The van der Waals surface area contributed by atoms with Gasteiger partial charge in [0.05, 0.1) is 12.6 Å². The Morgan fingerprint density at radius 2 is 1.74 bits per heavy atom. The predicted octanol–water partition coefficient (Wildman–Crippen LogP) is 2.11. The van der Waals surface area contributed by atoms with Gasteiger partial charge in [-0.25, -0.2) is 4.39 Å². The van der Waals surface area contributed by atoms with Gasteiger partial charge < -0.3 is 19.9 Å². The van der Waals surface area contributed by atoms with E-state index in [9.17, 15) is 9.18 Å². The number of methoxy groups -OCH3 is 1. The fourth-order valence-corrected chi connectivity index (χ4v) is 4.27. The Morgan fingerprint density at radius 1 is 1.10 bits per heavy atom. The van der Waals surface area contributed by atoms with E-state index in [2.05, 4.69) is 22.0 Å². The first kappa shape index (κ1) is 23.5. The minimum absolute atomic E-state index is 0.0730. The van der Waals surface area contributed by atoms with E-state index < -0.39 is 0 Å². The number of guanidine groups is 1. The third-order valence-electron chi connectivity index (χ3n) is 6.20. The SMILES string of the molecule is CCNC(=NCC(OC)c1ccc(F)cc1)N1CCN(C(C)C(=O)N2CCCC2)CC1. The molecule has 1 amide bonds. The molecule has 8 heteroatoms. The molecule has 0 aliphatic carbocycles. The van der Waals surface area contributed by atoms with Crippen molar-refractivity contribution in [1.82, 2.24) is 20.0 Å². The number of benzene rings is 1. The fourth-order valence-electron chi connectivity index (χ4n) is 4.27. The van der Waals surface area contributed by atoms with Gasteiger partial charge in [-0.1, -0.05) is 12.1 Å². The number of ether oxygens (including phenoxy) is 1. The van der Waals surface area contributed by atoms with E-state index in [0.29, 0.717) is 6.54 Å². The van der Waals surface area contributed by atoms with Gasteiger partial charge in [-0.3, -0.25) is 14.7 Å². The summed E-state index contributed by atoms with van der Waals surface area (Å²) in [6, 6.07) is 6.30. The lowest BCUT2D eigenvalue weighted by Crippen LogP contribution is -2.57. The number of aliphatic imine (C=N–C) groups is 1. The monoisotopic (exact) mass is 433 g/mol. The molecule has 7 nitrogen and oxygen atoms in total. The molecule has 2 aliphatic rings. The summed E-state index contributed by atoms with van der Waals surface area (Å²) >= 11 is 0. The number of carbonyl (C=O) groups is 1. The highest BCUT2D eigenvalue weighted by Crippen LogP contribution is 2.18. The average molecular weight is 434 g/mol. The first-order valence-corrected chi connectivity index (χ1v) is 11.4. The molecule has 2 aliphatic heterocycles. The lowest BCUT2D eigenvalue weighted by molar-refractivity contribution is -0.135. The number of likely N-dealkylation sites (tertiary alicyclic amines) is 1. The molecule has 1 aromatic rings. The summed E-state index contributed by atoms with van der Waals surface area (Å²) in [5.74, 6) is 0.851. The molecule has 2 heterocycles. The first-order valence-electron chi connectivity index (χ1n) is 11.4. The standard InChI is InChI=1S/C23H36FN5O2/c1-4-25-23(26-17-21(31-3)19-7-9-20(24)10-8-19)29-15-13-27(14-16-29)18(2)22(30)28-11-5-6-12-28/h7-10,18,21H,4-6,11-17H2,1-3H3,(H,25,26). The molecule has 1 N–H and O–H groups in total. The molecule has 0 bridgehead atoms. The Bertz CT molecular complexity index is 728. The number of amides is 1. The summed E-state index contributed by atoms with van der Waals surface area (Å²) in [5, 5.41) is 3.37. The van der Waals surface area contributed by atoms with Gasteiger partial charge in [-0.15, -0.1) is 0 Å². The van der Waals surface area contributed by atoms with Crippen molar-refractivity contribution in [3.63, 3.8) is 0 Å². The molecular formula is C23H36FN5O2. The van der Waals surface area contributed by atoms with Gasteiger partial charge in [0.2, 0.25) is 5.91 Å². The van der Waals surface area contributed by atoms with Crippen LogP contribution in [-0.4, -0.2) is 92.1 Å². The molecule has 2 fully saturated rings. The van der Waals surface area contributed by atoms with E-state index in [1.165, 1.54) is 12.1 Å². The molecular weight excluding hydrogens is 397 g/mol. The van der Waals surface area contributed by atoms with Gasteiger partial charge in [0.15, 0.2) is 5.96 Å². The van der Waals surface area contributed by atoms with Crippen molar-refractivity contribution < 1.29 is 13.9 Å². The van der Waals surface area contributed by atoms with Crippen LogP contribution < -0.4 is 5.32 Å². The second-order valence-corrected chi connectivity index (χ2v) is 8.20. The van der Waals surface area contributed by atoms with Crippen molar-refractivity contribution in [2.24, 2.45) is 4.99 Å². The summed E-state index contributed by atoms with van der Waals surface area (Å²) in [5.41, 5.74) is 0.905. The highest BCUT2D eigenvalue weighted by atomic mass is 19.1. The average Bonchev–Trinajstić information content (AvgIpc) is 3.34. The maximum Gasteiger partial charge on any atom is 0.239 e. The number of halogens is 1. The van der Waals surface area contributed by atoms with Crippen molar-refractivity contribution in [3.8, 4) is 0 Å². The minimum atomic E-state index is -0.259. The molecule has 0 saturated carbocycles. The van der Waals surface area contributed by atoms with Crippen molar-refractivity contribution in [3.05, 3.63) is 35.6 Å². The number of nitrogens with one attached hydrogen (secondary N) is 1. The largest absolute Gasteiger partial charge is 0.375 e. The molecule has 1 aromatic carbocycles. The summed E-state index contributed by atoms with van der Waals surface area (Å²) in [6.07, 6.45) is 2.01. The van der Waals surface area contributed by atoms with Crippen LogP contribution >= 0.6 is 0 Å². The lowest BCUT2D eigenvalue weighted by Gasteiger charge is -2.39. The van der Waals surface area contributed by atoms with Crippen molar-refractivity contribution in [2.75, 3.05) is 59.5 Å². The number of piperazine rings is 1. The zero-order valence-corrected chi connectivity index (χ0v) is 19.0. The van der Waals surface area contributed by atoms with Crippen LogP contribution in [0.4, 0.5) is 4.39 Å². The topological polar surface area (TPSA) is 60.4 Å². The number of nitrogens with zero attached hydrogens (tertiary/aromatic N) is 4. The number of carbonyl (C=O) groups excluding carboxylic acids is 1.